The Kier molecular flexibility index (Phi) is 3.31. The molecule has 0 radical (unpaired) electrons. The molecule has 0 saturated carbocycles. The van der Waals surface area contributed by atoms with Gasteiger partial charge < -0.3 is 9.52 Å². The number of aromatic nitrogens is 1. The first-order valence-corrected chi connectivity index (χ1v) is 5.85. The van der Waals surface area contributed by atoms with Crippen molar-refractivity contribution in [2.75, 3.05) is 0 Å². The van der Waals surface area contributed by atoms with E-state index in [0.29, 0.717) is 0 Å². The van der Waals surface area contributed by atoms with Gasteiger partial charge in [0, 0.05) is 11.8 Å². The fourth-order valence-electron chi connectivity index (χ4n) is 1.39. The Morgan fingerprint density at radius 3 is 2.88 bits per heavy atom. The molecule has 0 spiro atoms. The second-order valence-electron chi connectivity index (χ2n) is 3.52. The van der Waals surface area contributed by atoms with Crippen molar-refractivity contribution in [3.05, 3.63) is 42.0 Å². The fourth-order valence-corrected chi connectivity index (χ4v) is 2.38. The molecule has 2 heterocycles. The van der Waals surface area contributed by atoms with Gasteiger partial charge in [-0.15, -0.1) is 0 Å². The summed E-state index contributed by atoms with van der Waals surface area (Å²) in [5.41, 5.74) is 0.841. The van der Waals surface area contributed by atoms with Crippen LogP contribution >= 0.6 is 11.8 Å². The molecule has 0 amide bonds. The Hall–Kier alpha value is -1.26. The minimum Gasteiger partial charge on any atom is -0.468 e. The van der Waals surface area contributed by atoms with E-state index in [1.165, 1.54) is 11.8 Å². The highest BCUT2D eigenvalue weighted by Gasteiger charge is 2.12. The molecule has 0 aliphatic heterocycles. The normalized spacial score (nSPS) is 12.7. The maximum Gasteiger partial charge on any atom is 0.114 e. The molecule has 2 rings (SSSR count). The van der Waals surface area contributed by atoms with E-state index in [9.17, 15) is 5.11 Å². The number of aliphatic hydroxyl groups excluding tert-OH is 1. The van der Waals surface area contributed by atoms with E-state index >= 15 is 0 Å². The molecule has 0 saturated heterocycles. The lowest BCUT2D eigenvalue weighted by molar-refractivity contribution is 0.195. The predicted molar refractivity (Wildman–Crippen MR) is 62.4 cm³/mol. The summed E-state index contributed by atoms with van der Waals surface area (Å²) in [6.07, 6.45) is 2.87. The minimum atomic E-state index is -0.511. The van der Waals surface area contributed by atoms with Crippen molar-refractivity contribution in [1.82, 2.24) is 4.98 Å². The van der Waals surface area contributed by atoms with E-state index in [0.717, 1.165) is 21.2 Å². The van der Waals surface area contributed by atoms with Crippen molar-refractivity contribution in [1.29, 1.82) is 0 Å². The number of hydrogen-bond acceptors (Lipinski definition) is 4. The van der Waals surface area contributed by atoms with Gasteiger partial charge in [0.05, 0.1) is 17.3 Å². The van der Waals surface area contributed by atoms with Crippen LogP contribution in [0.5, 0.6) is 0 Å². The summed E-state index contributed by atoms with van der Waals surface area (Å²) in [7, 11) is 0. The van der Waals surface area contributed by atoms with Gasteiger partial charge in [-0.2, -0.15) is 0 Å². The van der Waals surface area contributed by atoms with Crippen LogP contribution in [0.15, 0.2) is 45.0 Å². The smallest absolute Gasteiger partial charge is 0.114 e. The molecule has 0 bridgehead atoms. The molecular formula is C12H13NO2S. The van der Waals surface area contributed by atoms with E-state index in [1.807, 2.05) is 25.1 Å². The summed E-state index contributed by atoms with van der Waals surface area (Å²) in [5, 5.41) is 10.4. The van der Waals surface area contributed by atoms with Crippen molar-refractivity contribution in [3.63, 3.8) is 0 Å². The number of hydrogen-bond donors (Lipinski definition) is 1. The van der Waals surface area contributed by atoms with Gasteiger partial charge in [-0.3, -0.25) is 0 Å². The number of nitrogens with zero attached hydrogens (tertiary/aromatic N) is 1. The average Bonchev–Trinajstić information content (AvgIpc) is 2.65. The zero-order valence-electron chi connectivity index (χ0n) is 9.18. The molecule has 0 aliphatic carbocycles. The van der Waals surface area contributed by atoms with Crippen LogP contribution in [0.2, 0.25) is 0 Å². The van der Waals surface area contributed by atoms with Crippen molar-refractivity contribution in [2.24, 2.45) is 0 Å². The molecular weight excluding hydrogens is 222 g/mol. The molecule has 4 heteroatoms. The summed E-state index contributed by atoms with van der Waals surface area (Å²) in [6, 6.07) is 5.62. The van der Waals surface area contributed by atoms with E-state index in [2.05, 4.69) is 4.98 Å². The van der Waals surface area contributed by atoms with Crippen molar-refractivity contribution in [3.8, 4) is 0 Å². The molecule has 1 N–H and O–H groups in total. The third-order valence-electron chi connectivity index (χ3n) is 2.27. The zero-order valence-corrected chi connectivity index (χ0v) is 9.99. The monoisotopic (exact) mass is 235 g/mol. The van der Waals surface area contributed by atoms with Gasteiger partial charge in [-0.25, -0.2) is 4.98 Å². The van der Waals surface area contributed by atoms with Crippen molar-refractivity contribution >= 4 is 11.8 Å². The van der Waals surface area contributed by atoms with Gasteiger partial charge in [0.25, 0.3) is 0 Å². The highest BCUT2D eigenvalue weighted by atomic mass is 32.2. The SMILES string of the molecule is Cc1occc1Sc1ncccc1C(C)O. The summed E-state index contributed by atoms with van der Waals surface area (Å²) in [6.45, 7) is 3.65. The molecule has 0 fully saturated rings. The van der Waals surface area contributed by atoms with Crippen LogP contribution in [0.1, 0.15) is 24.4 Å². The van der Waals surface area contributed by atoms with E-state index in [1.54, 1.807) is 19.4 Å². The van der Waals surface area contributed by atoms with Gasteiger partial charge >= 0.3 is 0 Å². The number of rotatable bonds is 3. The van der Waals surface area contributed by atoms with Gasteiger partial charge in [0.2, 0.25) is 0 Å². The molecule has 16 heavy (non-hydrogen) atoms. The Labute approximate surface area is 98.5 Å². The van der Waals surface area contributed by atoms with Crippen LogP contribution < -0.4 is 0 Å². The minimum absolute atomic E-state index is 0.511. The summed E-state index contributed by atoms with van der Waals surface area (Å²) < 4.78 is 5.23. The average molecular weight is 235 g/mol. The quantitative estimate of drug-likeness (QED) is 0.887. The highest BCUT2D eigenvalue weighted by Crippen LogP contribution is 2.33. The first kappa shape index (κ1) is 11.2. The Bertz CT molecular complexity index is 479. The first-order valence-electron chi connectivity index (χ1n) is 5.03. The molecule has 2 aromatic heterocycles. The van der Waals surface area contributed by atoms with Crippen molar-refractivity contribution in [2.45, 2.75) is 29.9 Å². The lowest BCUT2D eigenvalue weighted by atomic mass is 10.2. The number of pyridine rings is 1. The van der Waals surface area contributed by atoms with Crippen LogP contribution in [0.3, 0.4) is 0 Å². The van der Waals surface area contributed by atoms with Gasteiger partial charge in [-0.1, -0.05) is 17.8 Å². The maximum absolute atomic E-state index is 9.63. The first-order chi connectivity index (χ1) is 7.68. The summed E-state index contributed by atoms with van der Waals surface area (Å²) in [4.78, 5) is 5.31. The van der Waals surface area contributed by atoms with Gasteiger partial charge in [0.1, 0.15) is 10.8 Å². The van der Waals surface area contributed by atoms with E-state index in [-0.39, 0.29) is 0 Å². The Balaban J connectivity index is 2.31. The van der Waals surface area contributed by atoms with Crippen LogP contribution in [-0.2, 0) is 0 Å². The van der Waals surface area contributed by atoms with E-state index < -0.39 is 6.10 Å². The lowest BCUT2D eigenvalue weighted by Gasteiger charge is -2.09. The van der Waals surface area contributed by atoms with Crippen LogP contribution in [0.25, 0.3) is 0 Å². The fraction of sp³-hybridized carbons (Fsp3) is 0.250. The third-order valence-corrected chi connectivity index (χ3v) is 3.45. The Morgan fingerprint density at radius 1 is 1.44 bits per heavy atom. The van der Waals surface area contributed by atoms with Gasteiger partial charge in [0.15, 0.2) is 0 Å². The molecule has 3 nitrogen and oxygen atoms in total. The van der Waals surface area contributed by atoms with E-state index in [4.69, 9.17) is 4.42 Å². The number of aliphatic hydroxyl groups is 1. The van der Waals surface area contributed by atoms with Crippen LogP contribution in [-0.4, -0.2) is 10.1 Å². The summed E-state index contributed by atoms with van der Waals surface area (Å²) in [5.74, 6) is 0.868. The summed E-state index contributed by atoms with van der Waals surface area (Å²) >= 11 is 1.51. The standard InChI is InChI=1S/C12H13NO2S/c1-8(14)10-4-3-6-13-12(10)16-11-5-7-15-9(11)2/h3-8,14H,1-2H3. The molecule has 0 aliphatic rings. The molecule has 1 atom stereocenters. The lowest BCUT2D eigenvalue weighted by Crippen LogP contribution is -1.95. The number of furan rings is 1. The topological polar surface area (TPSA) is 46.3 Å². The largest absolute Gasteiger partial charge is 0.468 e. The Morgan fingerprint density at radius 2 is 2.25 bits per heavy atom. The second-order valence-corrected chi connectivity index (χ2v) is 4.55. The molecule has 84 valence electrons. The maximum atomic E-state index is 9.63. The zero-order chi connectivity index (χ0) is 11.5. The molecule has 0 aromatic carbocycles. The van der Waals surface area contributed by atoms with Crippen molar-refractivity contribution < 1.29 is 9.52 Å². The second kappa shape index (κ2) is 4.72. The number of aryl methyl sites for hydroxylation is 1. The highest BCUT2D eigenvalue weighted by molar-refractivity contribution is 7.99. The molecule has 1 unspecified atom stereocenters. The molecule has 2 aromatic rings. The third kappa shape index (κ3) is 2.28. The van der Waals surface area contributed by atoms with Gasteiger partial charge in [-0.05, 0) is 26.0 Å². The van der Waals surface area contributed by atoms with Crippen LogP contribution in [0, 0.1) is 6.92 Å². The predicted octanol–water partition coefficient (Wildman–Crippen LogP) is 3.19. The van der Waals surface area contributed by atoms with Crippen LogP contribution in [0.4, 0.5) is 0 Å².